The van der Waals surface area contributed by atoms with Gasteiger partial charge in [0.05, 0.1) is 17.6 Å². The van der Waals surface area contributed by atoms with Gasteiger partial charge in [0.1, 0.15) is 11.2 Å². The molecule has 1 aliphatic rings. The van der Waals surface area contributed by atoms with Gasteiger partial charge in [-0.1, -0.05) is 23.7 Å². The number of hydrogen-bond acceptors (Lipinski definition) is 5. The Morgan fingerprint density at radius 2 is 1.93 bits per heavy atom. The van der Waals surface area contributed by atoms with Crippen LogP contribution in [0, 0.1) is 0 Å². The van der Waals surface area contributed by atoms with Crippen LogP contribution in [0.15, 0.2) is 60.0 Å². The number of rotatable bonds is 5. The third-order valence-electron chi connectivity index (χ3n) is 4.67. The molecule has 9 heteroatoms. The maximum absolute atomic E-state index is 13.2. The quantitative estimate of drug-likeness (QED) is 0.654. The van der Waals surface area contributed by atoms with Gasteiger partial charge in [0.2, 0.25) is 10.0 Å². The van der Waals surface area contributed by atoms with Crippen LogP contribution >= 0.6 is 11.6 Å². The second-order valence-electron chi connectivity index (χ2n) is 6.38. The Hall–Kier alpha value is -2.29. The molecule has 27 heavy (non-hydrogen) atoms. The van der Waals surface area contributed by atoms with Crippen LogP contribution in [0.5, 0.6) is 0 Å². The van der Waals surface area contributed by atoms with Crippen LogP contribution in [0.4, 0.5) is 0 Å². The minimum atomic E-state index is -3.72. The molecule has 7 nitrogen and oxygen atoms in total. The molecule has 1 aliphatic heterocycles. The first kappa shape index (κ1) is 18.1. The number of nitrogens with zero attached hydrogens (tertiary/aromatic N) is 5. The van der Waals surface area contributed by atoms with Gasteiger partial charge in [-0.05, 0) is 42.7 Å². The highest BCUT2D eigenvalue weighted by molar-refractivity contribution is 7.89. The molecular weight excluding hydrogens is 386 g/mol. The first-order chi connectivity index (χ1) is 13.1. The predicted molar refractivity (Wildman–Crippen MR) is 101 cm³/mol. The van der Waals surface area contributed by atoms with Crippen molar-refractivity contribution in [1.82, 2.24) is 24.1 Å². The van der Waals surface area contributed by atoms with Crippen molar-refractivity contribution in [2.24, 2.45) is 0 Å². The second-order valence-corrected chi connectivity index (χ2v) is 8.64. The van der Waals surface area contributed by atoms with Crippen LogP contribution in [0.25, 0.3) is 0 Å². The summed E-state index contributed by atoms with van der Waals surface area (Å²) in [7, 11) is -3.72. The topological polar surface area (TPSA) is 81.0 Å². The predicted octanol–water partition coefficient (Wildman–Crippen LogP) is 2.90. The largest absolute Gasteiger partial charge is 0.312 e. The molecule has 140 valence electrons. The average molecular weight is 404 g/mol. The van der Waals surface area contributed by atoms with E-state index in [1.165, 1.54) is 10.4 Å². The summed E-state index contributed by atoms with van der Waals surface area (Å²) in [5.74, 6) is 0.639. The number of hydrogen-bond donors (Lipinski definition) is 0. The Morgan fingerprint density at radius 1 is 1.15 bits per heavy atom. The van der Waals surface area contributed by atoms with E-state index in [0.717, 1.165) is 12.0 Å². The lowest BCUT2D eigenvalue weighted by atomic mass is 10.2. The molecule has 3 heterocycles. The lowest BCUT2D eigenvalue weighted by molar-refractivity contribution is 0.374. The molecule has 4 rings (SSSR count). The molecule has 0 aliphatic carbocycles. The van der Waals surface area contributed by atoms with E-state index in [-0.39, 0.29) is 16.0 Å². The maximum Gasteiger partial charge on any atom is 0.245 e. The van der Waals surface area contributed by atoms with E-state index < -0.39 is 10.0 Å². The van der Waals surface area contributed by atoms with Gasteiger partial charge in [-0.3, -0.25) is 4.98 Å². The van der Waals surface area contributed by atoms with Gasteiger partial charge in [0.15, 0.2) is 5.82 Å². The van der Waals surface area contributed by atoms with Crippen LogP contribution in [0.2, 0.25) is 5.02 Å². The molecule has 0 amide bonds. The van der Waals surface area contributed by atoms with Crippen LogP contribution < -0.4 is 0 Å². The molecule has 0 bridgehead atoms. The molecule has 2 aromatic heterocycles. The second kappa shape index (κ2) is 7.38. The fraction of sp³-hybridized carbons (Fsp3) is 0.278. The normalized spacial score (nSPS) is 18.0. The highest BCUT2D eigenvalue weighted by Gasteiger charge is 2.39. The third-order valence-corrected chi connectivity index (χ3v) is 7.08. The molecule has 0 radical (unpaired) electrons. The van der Waals surface area contributed by atoms with E-state index in [9.17, 15) is 8.42 Å². The van der Waals surface area contributed by atoms with Crippen LogP contribution in [-0.2, 0) is 16.6 Å². The fourth-order valence-electron chi connectivity index (χ4n) is 3.39. The highest BCUT2D eigenvalue weighted by Crippen LogP contribution is 2.37. The van der Waals surface area contributed by atoms with Crippen molar-refractivity contribution in [3.8, 4) is 0 Å². The van der Waals surface area contributed by atoms with E-state index in [0.29, 0.717) is 25.3 Å². The third kappa shape index (κ3) is 3.47. The summed E-state index contributed by atoms with van der Waals surface area (Å²) >= 11 is 6.15. The first-order valence-electron chi connectivity index (χ1n) is 8.60. The van der Waals surface area contributed by atoms with Crippen molar-refractivity contribution in [1.29, 1.82) is 0 Å². The van der Waals surface area contributed by atoms with Gasteiger partial charge in [-0.2, -0.15) is 4.31 Å². The van der Waals surface area contributed by atoms with E-state index in [1.807, 2.05) is 16.7 Å². The zero-order valence-electron chi connectivity index (χ0n) is 14.4. The SMILES string of the molecule is O=S(=O)(c1ccccc1Cl)N1CCCC1c1nncn1Cc1ccncc1. The van der Waals surface area contributed by atoms with Gasteiger partial charge in [-0.25, -0.2) is 8.42 Å². The molecule has 0 N–H and O–H groups in total. The summed E-state index contributed by atoms with van der Waals surface area (Å²) < 4.78 is 29.8. The molecule has 0 spiro atoms. The lowest BCUT2D eigenvalue weighted by Crippen LogP contribution is -2.32. The van der Waals surface area contributed by atoms with Gasteiger partial charge >= 0.3 is 0 Å². The summed E-state index contributed by atoms with van der Waals surface area (Å²) in [5, 5.41) is 8.48. The molecule has 0 saturated carbocycles. The Balaban J connectivity index is 1.67. The summed E-state index contributed by atoms with van der Waals surface area (Å²) in [6.45, 7) is 0.988. The Morgan fingerprint density at radius 3 is 2.70 bits per heavy atom. The molecule has 1 aromatic carbocycles. The van der Waals surface area contributed by atoms with E-state index >= 15 is 0 Å². The molecule has 3 aromatic rings. The lowest BCUT2D eigenvalue weighted by Gasteiger charge is -2.24. The van der Waals surface area contributed by atoms with Crippen LogP contribution in [-0.4, -0.2) is 39.0 Å². The summed E-state index contributed by atoms with van der Waals surface area (Å²) in [4.78, 5) is 4.14. The van der Waals surface area contributed by atoms with E-state index in [4.69, 9.17) is 11.6 Å². The van der Waals surface area contributed by atoms with Crippen molar-refractivity contribution in [2.75, 3.05) is 6.54 Å². The van der Waals surface area contributed by atoms with Gasteiger partial charge in [0, 0.05) is 18.9 Å². The number of aromatic nitrogens is 4. The number of pyridine rings is 1. The first-order valence-corrected chi connectivity index (χ1v) is 10.4. The zero-order valence-corrected chi connectivity index (χ0v) is 16.0. The minimum Gasteiger partial charge on any atom is -0.312 e. The Kier molecular flexibility index (Phi) is 4.94. The molecule has 1 fully saturated rings. The van der Waals surface area contributed by atoms with Crippen LogP contribution in [0.3, 0.4) is 0 Å². The molecule has 1 saturated heterocycles. The summed E-state index contributed by atoms with van der Waals surface area (Å²) in [5.41, 5.74) is 1.05. The van der Waals surface area contributed by atoms with Crippen molar-refractivity contribution in [3.63, 3.8) is 0 Å². The van der Waals surface area contributed by atoms with E-state index in [2.05, 4.69) is 15.2 Å². The summed E-state index contributed by atoms with van der Waals surface area (Å²) in [6, 6.07) is 9.98. The minimum absolute atomic E-state index is 0.124. The number of benzene rings is 1. The monoisotopic (exact) mass is 403 g/mol. The zero-order chi connectivity index (χ0) is 18.9. The fourth-order valence-corrected chi connectivity index (χ4v) is 5.54. The molecule has 1 unspecified atom stereocenters. The van der Waals surface area contributed by atoms with Crippen molar-refractivity contribution < 1.29 is 8.42 Å². The van der Waals surface area contributed by atoms with Crippen LogP contribution in [0.1, 0.15) is 30.3 Å². The standard InChI is InChI=1S/C18H18ClN5O2S/c19-15-4-1-2-6-17(15)27(25,26)24-11-3-5-16(24)18-22-21-13-23(18)12-14-7-9-20-10-8-14/h1-2,4,6-10,13,16H,3,5,11-12H2. The molecular formula is C18H18ClN5O2S. The summed E-state index contributed by atoms with van der Waals surface area (Å²) in [6.07, 6.45) is 6.54. The maximum atomic E-state index is 13.2. The van der Waals surface area contributed by atoms with Gasteiger partial charge < -0.3 is 4.57 Å². The van der Waals surface area contributed by atoms with Crippen molar-refractivity contribution in [2.45, 2.75) is 30.3 Å². The smallest absolute Gasteiger partial charge is 0.245 e. The Labute approximate surface area is 162 Å². The average Bonchev–Trinajstić information content (AvgIpc) is 3.32. The van der Waals surface area contributed by atoms with Crippen molar-refractivity contribution in [3.05, 3.63) is 71.5 Å². The number of halogens is 1. The highest BCUT2D eigenvalue weighted by atomic mass is 35.5. The van der Waals surface area contributed by atoms with Crippen molar-refractivity contribution >= 4 is 21.6 Å². The number of sulfonamides is 1. The van der Waals surface area contributed by atoms with Gasteiger partial charge in [0.25, 0.3) is 0 Å². The molecule has 1 atom stereocenters. The van der Waals surface area contributed by atoms with E-state index in [1.54, 1.807) is 36.9 Å². The Bertz CT molecular complexity index is 1040. The van der Waals surface area contributed by atoms with Gasteiger partial charge in [-0.15, -0.1) is 10.2 Å².